The maximum atomic E-state index is 12.7. The van der Waals surface area contributed by atoms with Crippen molar-refractivity contribution in [1.29, 1.82) is 0 Å². The van der Waals surface area contributed by atoms with Gasteiger partial charge in [-0.1, -0.05) is 83.9 Å². The third-order valence-corrected chi connectivity index (χ3v) is 5.31. The van der Waals surface area contributed by atoms with Crippen LogP contribution in [0.1, 0.15) is 21.5 Å². The lowest BCUT2D eigenvalue weighted by Crippen LogP contribution is -2.18. The molecule has 0 heterocycles. The average Bonchev–Trinajstić information content (AvgIpc) is 2.79. The van der Waals surface area contributed by atoms with E-state index in [0.29, 0.717) is 21.4 Å². The fourth-order valence-corrected chi connectivity index (χ4v) is 3.62. The molecule has 4 aromatic carbocycles. The normalized spacial score (nSPS) is 11.0. The number of nitrogens with zero attached hydrogens (tertiary/aromatic N) is 1. The van der Waals surface area contributed by atoms with Gasteiger partial charge in [0, 0.05) is 21.2 Å². The third-order valence-electron chi connectivity index (χ3n) is 4.72. The average molecular weight is 449 g/mol. The molecule has 1 amide bonds. The number of hydrogen-bond donors (Lipinski definition) is 1. The van der Waals surface area contributed by atoms with Gasteiger partial charge in [0.2, 0.25) is 0 Å². The number of carbonyl (C=O) groups is 1. The van der Waals surface area contributed by atoms with Gasteiger partial charge in [0.05, 0.1) is 11.8 Å². The Balaban J connectivity index is 1.47. The molecule has 4 rings (SSSR count). The Morgan fingerprint density at radius 1 is 0.935 bits per heavy atom. The summed E-state index contributed by atoms with van der Waals surface area (Å²) >= 11 is 12.1. The van der Waals surface area contributed by atoms with E-state index in [1.807, 2.05) is 42.5 Å². The van der Waals surface area contributed by atoms with Crippen LogP contribution >= 0.6 is 23.2 Å². The Labute approximate surface area is 190 Å². The van der Waals surface area contributed by atoms with Crippen LogP contribution in [0.3, 0.4) is 0 Å². The van der Waals surface area contributed by atoms with Crippen molar-refractivity contribution in [1.82, 2.24) is 5.43 Å². The van der Waals surface area contributed by atoms with Crippen molar-refractivity contribution in [3.63, 3.8) is 0 Å². The number of fused-ring (bicyclic) bond motifs is 1. The second-order valence-electron chi connectivity index (χ2n) is 6.79. The van der Waals surface area contributed by atoms with Gasteiger partial charge >= 0.3 is 0 Å². The number of hydrazone groups is 1. The van der Waals surface area contributed by atoms with Gasteiger partial charge in [-0.15, -0.1) is 0 Å². The third kappa shape index (κ3) is 5.05. The summed E-state index contributed by atoms with van der Waals surface area (Å²) < 4.78 is 5.85. The lowest BCUT2D eigenvalue weighted by atomic mass is 10.1. The maximum absolute atomic E-state index is 12.7. The van der Waals surface area contributed by atoms with Crippen molar-refractivity contribution in [3.05, 3.63) is 112 Å². The van der Waals surface area contributed by atoms with Crippen molar-refractivity contribution in [2.24, 2.45) is 5.10 Å². The zero-order chi connectivity index (χ0) is 21.6. The van der Waals surface area contributed by atoms with E-state index in [2.05, 4.69) is 10.5 Å². The Hall–Kier alpha value is -3.34. The van der Waals surface area contributed by atoms with E-state index in [0.717, 1.165) is 21.9 Å². The van der Waals surface area contributed by atoms with Crippen LogP contribution in [0.4, 0.5) is 0 Å². The molecule has 0 unspecified atom stereocenters. The maximum Gasteiger partial charge on any atom is 0.275 e. The molecule has 154 valence electrons. The SMILES string of the molecule is O=C(N/N=C/c1cccc2ccccc12)c1ccccc1OCc1ccc(Cl)cc1Cl. The highest BCUT2D eigenvalue weighted by Gasteiger charge is 2.12. The van der Waals surface area contributed by atoms with Gasteiger partial charge in [0.1, 0.15) is 12.4 Å². The minimum absolute atomic E-state index is 0.208. The van der Waals surface area contributed by atoms with E-state index in [1.54, 1.807) is 48.7 Å². The Bertz CT molecular complexity index is 1270. The fraction of sp³-hybridized carbons (Fsp3) is 0.0400. The molecule has 0 spiro atoms. The zero-order valence-corrected chi connectivity index (χ0v) is 17.9. The number of benzene rings is 4. The molecule has 0 atom stereocenters. The first-order valence-corrected chi connectivity index (χ1v) is 10.3. The molecular weight excluding hydrogens is 431 g/mol. The smallest absolute Gasteiger partial charge is 0.275 e. The molecule has 0 aliphatic carbocycles. The van der Waals surface area contributed by atoms with Crippen molar-refractivity contribution >= 4 is 46.1 Å². The predicted molar refractivity (Wildman–Crippen MR) is 126 cm³/mol. The van der Waals surface area contributed by atoms with E-state index >= 15 is 0 Å². The number of rotatable bonds is 6. The molecule has 6 heteroatoms. The lowest BCUT2D eigenvalue weighted by molar-refractivity contribution is 0.0950. The van der Waals surface area contributed by atoms with Crippen LogP contribution < -0.4 is 10.2 Å². The Morgan fingerprint density at radius 2 is 1.71 bits per heavy atom. The highest BCUT2D eigenvalue weighted by atomic mass is 35.5. The van der Waals surface area contributed by atoms with Gasteiger partial charge < -0.3 is 4.74 Å². The number of hydrogen-bond acceptors (Lipinski definition) is 3. The van der Waals surface area contributed by atoms with E-state index in [-0.39, 0.29) is 12.5 Å². The molecule has 0 bridgehead atoms. The van der Waals surface area contributed by atoms with Crippen LogP contribution in [-0.2, 0) is 6.61 Å². The van der Waals surface area contributed by atoms with Crippen molar-refractivity contribution in [2.75, 3.05) is 0 Å². The Morgan fingerprint density at radius 3 is 2.58 bits per heavy atom. The van der Waals surface area contributed by atoms with E-state index in [4.69, 9.17) is 27.9 Å². The van der Waals surface area contributed by atoms with E-state index < -0.39 is 0 Å². The van der Waals surface area contributed by atoms with Crippen molar-refractivity contribution in [2.45, 2.75) is 6.61 Å². The van der Waals surface area contributed by atoms with Gasteiger partial charge in [-0.05, 0) is 35.0 Å². The van der Waals surface area contributed by atoms with Gasteiger partial charge in [-0.2, -0.15) is 5.10 Å². The van der Waals surface area contributed by atoms with Crippen LogP contribution in [0.25, 0.3) is 10.8 Å². The first kappa shape index (κ1) is 20.9. The molecule has 0 saturated heterocycles. The van der Waals surface area contributed by atoms with Crippen LogP contribution in [0.15, 0.2) is 90.0 Å². The van der Waals surface area contributed by atoms with E-state index in [9.17, 15) is 4.79 Å². The number of para-hydroxylation sites is 1. The quantitative estimate of drug-likeness (QED) is 0.270. The summed E-state index contributed by atoms with van der Waals surface area (Å²) in [6.45, 7) is 0.208. The first-order valence-electron chi connectivity index (χ1n) is 9.59. The molecular formula is C25H18Cl2N2O2. The summed E-state index contributed by atoms with van der Waals surface area (Å²) in [6.07, 6.45) is 1.64. The number of ether oxygens (including phenoxy) is 1. The molecule has 31 heavy (non-hydrogen) atoms. The number of halogens is 2. The van der Waals surface area contributed by atoms with Gasteiger partial charge in [-0.3, -0.25) is 4.79 Å². The minimum Gasteiger partial charge on any atom is -0.488 e. The molecule has 0 saturated carbocycles. The summed E-state index contributed by atoms with van der Waals surface area (Å²) in [5.74, 6) is 0.0701. The largest absolute Gasteiger partial charge is 0.488 e. The minimum atomic E-state index is -0.366. The summed E-state index contributed by atoms with van der Waals surface area (Å²) in [5, 5.41) is 7.37. The first-order chi connectivity index (χ1) is 15.1. The summed E-state index contributed by atoms with van der Waals surface area (Å²) in [7, 11) is 0. The van der Waals surface area contributed by atoms with Gasteiger partial charge in [0.25, 0.3) is 5.91 Å². The number of carbonyl (C=O) groups excluding carboxylic acids is 1. The van der Waals surface area contributed by atoms with E-state index in [1.165, 1.54) is 0 Å². The topological polar surface area (TPSA) is 50.7 Å². The molecule has 0 aromatic heterocycles. The van der Waals surface area contributed by atoms with Gasteiger partial charge in [0.15, 0.2) is 0 Å². The standard InChI is InChI=1S/C25H18Cl2N2O2/c26-20-13-12-19(23(27)14-20)16-31-24-11-4-3-10-22(24)25(30)29-28-15-18-8-5-7-17-6-1-2-9-21(17)18/h1-15H,16H2,(H,29,30)/b28-15+. The monoisotopic (exact) mass is 448 g/mol. The summed E-state index contributed by atoms with van der Waals surface area (Å²) in [6, 6.07) is 26.1. The molecule has 0 aliphatic rings. The van der Waals surface area contributed by atoms with Crippen molar-refractivity contribution < 1.29 is 9.53 Å². The fourth-order valence-electron chi connectivity index (χ4n) is 3.16. The highest BCUT2D eigenvalue weighted by molar-refractivity contribution is 6.35. The molecule has 0 radical (unpaired) electrons. The number of amides is 1. The Kier molecular flexibility index (Phi) is 6.51. The highest BCUT2D eigenvalue weighted by Crippen LogP contribution is 2.24. The molecule has 4 nitrogen and oxygen atoms in total. The second kappa shape index (κ2) is 9.65. The zero-order valence-electron chi connectivity index (χ0n) is 16.4. The summed E-state index contributed by atoms with van der Waals surface area (Å²) in [5.41, 5.74) is 4.64. The summed E-state index contributed by atoms with van der Waals surface area (Å²) in [4.78, 5) is 12.7. The molecule has 0 aliphatic heterocycles. The van der Waals surface area contributed by atoms with Gasteiger partial charge in [-0.25, -0.2) is 5.43 Å². The van der Waals surface area contributed by atoms with Crippen LogP contribution in [0.5, 0.6) is 5.75 Å². The molecule has 0 fully saturated rings. The second-order valence-corrected chi connectivity index (χ2v) is 7.63. The van der Waals surface area contributed by atoms with Crippen LogP contribution in [-0.4, -0.2) is 12.1 Å². The lowest BCUT2D eigenvalue weighted by Gasteiger charge is -2.11. The number of nitrogens with one attached hydrogen (secondary N) is 1. The van der Waals surface area contributed by atoms with Crippen molar-refractivity contribution in [3.8, 4) is 5.75 Å². The van der Waals surface area contributed by atoms with Crippen LogP contribution in [0.2, 0.25) is 10.0 Å². The predicted octanol–water partition coefficient (Wildman–Crippen LogP) is 6.49. The molecule has 1 N–H and O–H groups in total. The van der Waals surface area contributed by atoms with Crippen LogP contribution in [0, 0.1) is 0 Å². The molecule has 4 aromatic rings.